The molecule has 0 fully saturated rings. The van der Waals surface area contributed by atoms with E-state index in [1.54, 1.807) is 18.2 Å². The van der Waals surface area contributed by atoms with Crippen LogP contribution in [0.3, 0.4) is 0 Å². The Kier molecular flexibility index (Phi) is 6.13. The third-order valence-electron chi connectivity index (χ3n) is 3.93. The van der Waals surface area contributed by atoms with Crippen LogP contribution in [0.2, 0.25) is 0 Å². The van der Waals surface area contributed by atoms with Gasteiger partial charge in [-0.3, -0.25) is 9.59 Å². The van der Waals surface area contributed by atoms with Gasteiger partial charge in [-0.1, -0.05) is 12.1 Å². The van der Waals surface area contributed by atoms with Gasteiger partial charge in [-0.15, -0.1) is 11.8 Å². The molecule has 1 aromatic heterocycles. The van der Waals surface area contributed by atoms with Crippen molar-refractivity contribution in [2.24, 2.45) is 0 Å². The molecule has 0 saturated heterocycles. The molecule has 0 aliphatic rings. The lowest BCUT2D eigenvalue weighted by Gasteiger charge is -2.12. The van der Waals surface area contributed by atoms with Gasteiger partial charge in [0.25, 0.3) is 5.56 Å². The van der Waals surface area contributed by atoms with Gasteiger partial charge in [0.2, 0.25) is 5.91 Å². The number of anilines is 1. The molecule has 1 amide bonds. The molecule has 3 aromatic rings. The molecule has 0 aliphatic heterocycles. The maximum absolute atomic E-state index is 12.2. The van der Waals surface area contributed by atoms with E-state index in [9.17, 15) is 9.59 Å². The van der Waals surface area contributed by atoms with Crippen LogP contribution in [-0.4, -0.2) is 28.2 Å². The Hall–Kier alpha value is -2.80. The molecule has 1 heterocycles. The smallest absolute Gasteiger partial charge is 0.258 e. The number of carbonyl (C=O) groups is 1. The summed E-state index contributed by atoms with van der Waals surface area (Å²) in [6.07, 6.45) is 0. The fourth-order valence-electron chi connectivity index (χ4n) is 2.57. The quantitative estimate of drug-likeness (QED) is 0.649. The minimum atomic E-state index is -0.165. The predicted molar refractivity (Wildman–Crippen MR) is 109 cm³/mol. The van der Waals surface area contributed by atoms with Gasteiger partial charge >= 0.3 is 0 Å². The highest BCUT2D eigenvalue weighted by atomic mass is 32.2. The van der Waals surface area contributed by atoms with E-state index in [0.29, 0.717) is 29.0 Å². The summed E-state index contributed by atoms with van der Waals surface area (Å²) in [6, 6.07) is 14.5. The van der Waals surface area contributed by atoms with Gasteiger partial charge in [0, 0.05) is 5.69 Å². The second-order valence-electron chi connectivity index (χ2n) is 5.93. The third-order valence-corrected chi connectivity index (χ3v) is 5.08. The van der Waals surface area contributed by atoms with Gasteiger partial charge in [-0.25, -0.2) is 4.98 Å². The number of carbonyl (C=O) groups excluding carboxylic acids is 1. The second-order valence-corrected chi connectivity index (χ2v) is 7.26. The molecular weight excluding hydrogens is 362 g/mol. The zero-order chi connectivity index (χ0) is 19.2. The number of para-hydroxylation sites is 1. The second kappa shape index (κ2) is 8.73. The summed E-state index contributed by atoms with van der Waals surface area (Å²) in [4.78, 5) is 31.7. The molecule has 7 heteroatoms. The first-order valence-electron chi connectivity index (χ1n) is 8.70. The molecule has 1 atom stereocenters. The molecule has 2 N–H and O–H groups in total. The molecule has 2 aromatic carbocycles. The average molecular weight is 383 g/mol. The molecule has 6 nitrogen and oxygen atoms in total. The maximum Gasteiger partial charge on any atom is 0.258 e. The van der Waals surface area contributed by atoms with E-state index in [-0.39, 0.29) is 22.5 Å². The van der Waals surface area contributed by atoms with Crippen molar-refractivity contribution in [1.82, 2.24) is 9.97 Å². The minimum absolute atomic E-state index is 0.112. The van der Waals surface area contributed by atoms with Crippen molar-refractivity contribution in [3.8, 4) is 5.75 Å². The van der Waals surface area contributed by atoms with Gasteiger partial charge in [0.15, 0.2) is 0 Å². The lowest BCUT2D eigenvalue weighted by atomic mass is 10.2. The van der Waals surface area contributed by atoms with Crippen molar-refractivity contribution in [3.05, 3.63) is 64.7 Å². The maximum atomic E-state index is 12.2. The monoisotopic (exact) mass is 383 g/mol. The van der Waals surface area contributed by atoms with Gasteiger partial charge in [0.05, 0.1) is 28.5 Å². The zero-order valence-corrected chi connectivity index (χ0v) is 16.0. The van der Waals surface area contributed by atoms with Crippen molar-refractivity contribution < 1.29 is 9.53 Å². The molecule has 0 radical (unpaired) electrons. The first-order valence-corrected chi connectivity index (χ1v) is 9.75. The van der Waals surface area contributed by atoms with Gasteiger partial charge in [0.1, 0.15) is 11.6 Å². The number of aromatic amines is 1. The highest BCUT2D eigenvalue weighted by molar-refractivity contribution is 8.00. The molecule has 0 aliphatic carbocycles. The summed E-state index contributed by atoms with van der Waals surface area (Å²) >= 11 is 1.42. The van der Waals surface area contributed by atoms with Gasteiger partial charge in [-0.2, -0.15) is 0 Å². The molecule has 3 rings (SSSR count). The van der Waals surface area contributed by atoms with E-state index in [4.69, 9.17) is 4.74 Å². The number of hydrogen-bond acceptors (Lipinski definition) is 5. The van der Waals surface area contributed by atoms with Crippen LogP contribution in [-0.2, 0) is 4.79 Å². The van der Waals surface area contributed by atoms with Crippen molar-refractivity contribution in [2.75, 3.05) is 17.7 Å². The van der Waals surface area contributed by atoms with Crippen LogP contribution in [0.1, 0.15) is 24.9 Å². The summed E-state index contributed by atoms with van der Waals surface area (Å²) in [6.45, 7) is 4.44. The SMILES string of the molecule is CCOc1ccc(NC(=O)CSC(C)c2nc3ccccc3c(=O)[nH]2)cc1. The lowest BCUT2D eigenvalue weighted by molar-refractivity contribution is -0.113. The van der Waals surface area contributed by atoms with Crippen LogP contribution in [0.25, 0.3) is 10.9 Å². The molecule has 0 saturated carbocycles. The van der Waals surface area contributed by atoms with Crippen LogP contribution < -0.4 is 15.6 Å². The highest BCUT2D eigenvalue weighted by Crippen LogP contribution is 2.26. The number of hydrogen-bond donors (Lipinski definition) is 2. The Morgan fingerprint density at radius 2 is 1.96 bits per heavy atom. The number of H-pyrrole nitrogens is 1. The van der Waals surface area contributed by atoms with E-state index in [1.807, 2.05) is 44.2 Å². The van der Waals surface area contributed by atoms with E-state index in [0.717, 1.165) is 5.75 Å². The molecular formula is C20H21N3O3S. The fourth-order valence-corrected chi connectivity index (χ4v) is 3.32. The number of amides is 1. The number of ether oxygens (including phenoxy) is 1. The van der Waals surface area contributed by atoms with Crippen LogP contribution in [0.4, 0.5) is 5.69 Å². The Bertz CT molecular complexity index is 986. The van der Waals surface area contributed by atoms with E-state index in [2.05, 4.69) is 15.3 Å². The lowest BCUT2D eigenvalue weighted by Crippen LogP contribution is -2.16. The Balaban J connectivity index is 1.59. The minimum Gasteiger partial charge on any atom is -0.494 e. The van der Waals surface area contributed by atoms with Crippen molar-refractivity contribution in [2.45, 2.75) is 19.1 Å². The van der Waals surface area contributed by atoms with Crippen LogP contribution >= 0.6 is 11.8 Å². The molecule has 1 unspecified atom stereocenters. The summed E-state index contributed by atoms with van der Waals surface area (Å²) in [5.74, 6) is 1.48. The summed E-state index contributed by atoms with van der Waals surface area (Å²) in [5, 5.41) is 3.30. The summed E-state index contributed by atoms with van der Waals surface area (Å²) in [5.41, 5.74) is 1.21. The van der Waals surface area contributed by atoms with Crippen LogP contribution in [0.15, 0.2) is 53.3 Å². The van der Waals surface area contributed by atoms with E-state index >= 15 is 0 Å². The average Bonchev–Trinajstić information content (AvgIpc) is 2.68. The number of fused-ring (bicyclic) bond motifs is 1. The number of rotatable bonds is 7. The number of benzene rings is 2. The molecule has 140 valence electrons. The molecule has 27 heavy (non-hydrogen) atoms. The van der Waals surface area contributed by atoms with Crippen molar-refractivity contribution in [1.29, 1.82) is 0 Å². The topological polar surface area (TPSA) is 84.1 Å². The van der Waals surface area contributed by atoms with E-state index in [1.165, 1.54) is 11.8 Å². The predicted octanol–water partition coefficient (Wildman–Crippen LogP) is 3.75. The van der Waals surface area contributed by atoms with Crippen LogP contribution in [0.5, 0.6) is 5.75 Å². The number of aromatic nitrogens is 2. The number of thioether (sulfide) groups is 1. The number of nitrogens with zero attached hydrogens (tertiary/aromatic N) is 1. The molecule has 0 spiro atoms. The molecule has 0 bridgehead atoms. The van der Waals surface area contributed by atoms with Gasteiger partial charge in [-0.05, 0) is 50.2 Å². The standard InChI is InChI=1S/C20H21N3O3S/c1-3-26-15-10-8-14(9-11-15)21-18(24)12-27-13(2)19-22-17-7-5-4-6-16(17)20(25)23-19/h4-11,13H,3,12H2,1-2H3,(H,21,24)(H,22,23,25). The Morgan fingerprint density at radius 1 is 1.22 bits per heavy atom. The third kappa shape index (κ3) is 4.89. The van der Waals surface area contributed by atoms with Crippen LogP contribution in [0, 0.1) is 0 Å². The highest BCUT2D eigenvalue weighted by Gasteiger charge is 2.13. The van der Waals surface area contributed by atoms with Crippen molar-refractivity contribution >= 4 is 34.3 Å². The fraction of sp³-hybridized carbons (Fsp3) is 0.250. The van der Waals surface area contributed by atoms with Gasteiger partial charge < -0.3 is 15.0 Å². The first kappa shape index (κ1) is 19.0. The largest absolute Gasteiger partial charge is 0.494 e. The Labute approximate surface area is 161 Å². The Morgan fingerprint density at radius 3 is 2.70 bits per heavy atom. The number of nitrogens with one attached hydrogen (secondary N) is 2. The first-order chi connectivity index (χ1) is 13.1. The zero-order valence-electron chi connectivity index (χ0n) is 15.2. The normalized spacial score (nSPS) is 11.9. The van der Waals surface area contributed by atoms with Crippen molar-refractivity contribution in [3.63, 3.8) is 0 Å². The summed E-state index contributed by atoms with van der Waals surface area (Å²) < 4.78 is 5.38. The summed E-state index contributed by atoms with van der Waals surface area (Å²) in [7, 11) is 0. The van der Waals surface area contributed by atoms with E-state index < -0.39 is 0 Å².